The van der Waals surface area contributed by atoms with Gasteiger partial charge in [-0.05, 0) is 12.1 Å². The van der Waals surface area contributed by atoms with Gasteiger partial charge in [-0.2, -0.15) is 0 Å². The van der Waals surface area contributed by atoms with Gasteiger partial charge in [-0.1, -0.05) is 0 Å². The normalized spacial score (nSPS) is 18.3. The minimum absolute atomic E-state index is 0. The highest BCUT2D eigenvalue weighted by Gasteiger charge is 2.27. The zero-order valence-electron chi connectivity index (χ0n) is 9.09. The third-order valence-electron chi connectivity index (χ3n) is 2.50. The zero-order chi connectivity index (χ0) is 12.4. The molecule has 2 rings (SSSR count). The summed E-state index contributed by atoms with van der Waals surface area (Å²) in [6, 6.07) is 2.77. The monoisotopic (exact) mass is 276 g/mol. The van der Waals surface area contributed by atoms with Crippen LogP contribution < -0.4 is 5.32 Å². The van der Waals surface area contributed by atoms with Crippen LogP contribution in [0.3, 0.4) is 0 Å². The molecule has 1 aliphatic heterocycles. The molecule has 1 fully saturated rings. The van der Waals surface area contributed by atoms with Crippen molar-refractivity contribution < 1.29 is 18.8 Å². The van der Waals surface area contributed by atoms with E-state index < -0.39 is 22.9 Å². The Morgan fingerprint density at radius 1 is 1.50 bits per heavy atom. The topological polar surface area (TPSA) is 81.5 Å². The fourth-order valence-electron chi connectivity index (χ4n) is 1.73. The van der Waals surface area contributed by atoms with Crippen molar-refractivity contribution >= 4 is 24.2 Å². The fraction of sp³-hybridized carbons (Fsp3) is 0.300. The number of hydrogen-bond acceptors (Lipinski definition) is 4. The van der Waals surface area contributed by atoms with Crippen LogP contribution in [0.15, 0.2) is 18.2 Å². The van der Waals surface area contributed by atoms with E-state index in [1.165, 1.54) is 6.07 Å². The van der Waals surface area contributed by atoms with Gasteiger partial charge in [0.2, 0.25) is 0 Å². The Morgan fingerprint density at radius 2 is 2.22 bits per heavy atom. The number of nitro benzene ring substituents is 1. The number of hydrogen-bond donors (Lipinski definition) is 1. The predicted octanol–water partition coefficient (Wildman–Crippen LogP) is 2.33. The van der Waals surface area contributed by atoms with E-state index in [2.05, 4.69) is 10.1 Å². The Hall–Kier alpha value is -1.89. The number of benzene rings is 1. The van der Waals surface area contributed by atoms with Gasteiger partial charge in [0, 0.05) is 6.42 Å². The standard InChI is InChI=1S/C10H9FN2O4.ClH/c11-6-1-2-7(9(5-6)13(15)16)8-3-4-17-10(14)12-8;/h1-2,5,8H,3-4H2,(H,12,14);1H/t8-;/m0./s1. The van der Waals surface area contributed by atoms with Crippen molar-refractivity contribution in [3.05, 3.63) is 39.7 Å². The number of halogens is 2. The number of nitro groups is 1. The average molecular weight is 277 g/mol. The maximum Gasteiger partial charge on any atom is 0.407 e. The molecule has 1 N–H and O–H groups in total. The minimum Gasteiger partial charge on any atom is -0.449 e. The Kier molecular flexibility index (Phi) is 4.43. The van der Waals surface area contributed by atoms with Crippen molar-refractivity contribution in [2.75, 3.05) is 6.61 Å². The SMILES string of the molecule is Cl.O=C1N[C@H](c2ccc(F)cc2[N+](=O)[O-])CCO1. The van der Waals surface area contributed by atoms with Gasteiger partial charge in [0.1, 0.15) is 5.82 Å². The lowest BCUT2D eigenvalue weighted by molar-refractivity contribution is -0.386. The molecular weight excluding hydrogens is 267 g/mol. The van der Waals surface area contributed by atoms with Gasteiger partial charge in [-0.15, -0.1) is 12.4 Å². The summed E-state index contributed by atoms with van der Waals surface area (Å²) in [7, 11) is 0. The highest BCUT2D eigenvalue weighted by molar-refractivity contribution is 5.85. The van der Waals surface area contributed by atoms with E-state index in [0.717, 1.165) is 12.1 Å². The highest BCUT2D eigenvalue weighted by Crippen LogP contribution is 2.29. The molecule has 1 amide bonds. The molecule has 1 saturated heterocycles. The van der Waals surface area contributed by atoms with Crippen molar-refractivity contribution in [2.45, 2.75) is 12.5 Å². The van der Waals surface area contributed by atoms with Crippen LogP contribution in [0.5, 0.6) is 0 Å². The summed E-state index contributed by atoms with van der Waals surface area (Å²) in [6.45, 7) is 0.186. The second-order valence-electron chi connectivity index (χ2n) is 3.58. The Labute approximate surface area is 108 Å². The van der Waals surface area contributed by atoms with Crippen molar-refractivity contribution in [1.82, 2.24) is 5.32 Å². The third kappa shape index (κ3) is 2.86. The lowest BCUT2D eigenvalue weighted by Gasteiger charge is -2.23. The van der Waals surface area contributed by atoms with Crippen molar-refractivity contribution in [1.29, 1.82) is 0 Å². The minimum atomic E-state index is -0.682. The molecule has 0 aromatic heterocycles. The fourth-order valence-corrected chi connectivity index (χ4v) is 1.73. The number of cyclic esters (lactones) is 1. The summed E-state index contributed by atoms with van der Waals surface area (Å²) < 4.78 is 17.6. The largest absolute Gasteiger partial charge is 0.449 e. The molecule has 98 valence electrons. The van der Waals surface area contributed by atoms with E-state index in [-0.39, 0.29) is 30.3 Å². The first-order valence-corrected chi connectivity index (χ1v) is 4.95. The summed E-state index contributed by atoms with van der Waals surface area (Å²) in [4.78, 5) is 21.1. The van der Waals surface area contributed by atoms with Gasteiger partial charge in [-0.3, -0.25) is 10.1 Å². The number of rotatable bonds is 2. The Morgan fingerprint density at radius 3 is 2.83 bits per heavy atom. The number of amides is 1. The number of carbonyl (C=O) groups excluding carboxylic acids is 1. The molecule has 0 bridgehead atoms. The second-order valence-corrected chi connectivity index (χ2v) is 3.58. The van der Waals surface area contributed by atoms with E-state index in [1.807, 2.05) is 0 Å². The van der Waals surface area contributed by atoms with Crippen LogP contribution in [0.25, 0.3) is 0 Å². The van der Waals surface area contributed by atoms with E-state index >= 15 is 0 Å². The van der Waals surface area contributed by atoms with Crippen molar-refractivity contribution in [3.8, 4) is 0 Å². The summed E-state index contributed by atoms with van der Waals surface area (Å²) in [5, 5.41) is 13.3. The van der Waals surface area contributed by atoms with Crippen LogP contribution in [-0.4, -0.2) is 17.6 Å². The molecule has 1 aromatic carbocycles. The van der Waals surface area contributed by atoms with E-state index in [9.17, 15) is 19.3 Å². The number of alkyl carbamates (subject to hydrolysis) is 1. The number of nitrogens with one attached hydrogen (secondary N) is 1. The van der Waals surface area contributed by atoms with Gasteiger partial charge >= 0.3 is 6.09 Å². The Balaban J connectivity index is 0.00000162. The van der Waals surface area contributed by atoms with Crippen LogP contribution in [0.2, 0.25) is 0 Å². The molecule has 0 saturated carbocycles. The van der Waals surface area contributed by atoms with Gasteiger partial charge in [-0.25, -0.2) is 9.18 Å². The molecule has 0 radical (unpaired) electrons. The summed E-state index contributed by atoms with van der Waals surface area (Å²) in [6.07, 6.45) is -0.210. The molecule has 1 aromatic rings. The molecule has 0 aliphatic carbocycles. The van der Waals surface area contributed by atoms with Gasteiger partial charge in [0.05, 0.1) is 29.2 Å². The quantitative estimate of drug-likeness (QED) is 0.664. The first-order chi connectivity index (χ1) is 8.08. The maximum absolute atomic E-state index is 12.9. The van der Waals surface area contributed by atoms with Crippen LogP contribution in [-0.2, 0) is 4.74 Å². The van der Waals surface area contributed by atoms with Crippen LogP contribution in [0.4, 0.5) is 14.9 Å². The van der Waals surface area contributed by atoms with Gasteiger partial charge in [0.25, 0.3) is 5.69 Å². The van der Waals surface area contributed by atoms with Crippen molar-refractivity contribution in [3.63, 3.8) is 0 Å². The maximum atomic E-state index is 12.9. The second kappa shape index (κ2) is 5.63. The summed E-state index contributed by atoms with van der Waals surface area (Å²) >= 11 is 0. The van der Waals surface area contributed by atoms with Gasteiger partial charge < -0.3 is 10.1 Å². The van der Waals surface area contributed by atoms with E-state index in [4.69, 9.17) is 0 Å². The number of carbonyl (C=O) groups is 1. The van der Waals surface area contributed by atoms with Gasteiger partial charge in [0.15, 0.2) is 0 Å². The van der Waals surface area contributed by atoms with E-state index in [0.29, 0.717) is 6.42 Å². The highest BCUT2D eigenvalue weighted by atomic mass is 35.5. The first-order valence-electron chi connectivity index (χ1n) is 4.95. The van der Waals surface area contributed by atoms with E-state index in [1.54, 1.807) is 0 Å². The lowest BCUT2D eigenvalue weighted by atomic mass is 10.0. The molecule has 1 atom stereocenters. The van der Waals surface area contributed by atoms with Crippen LogP contribution in [0, 0.1) is 15.9 Å². The molecule has 1 aliphatic rings. The third-order valence-corrected chi connectivity index (χ3v) is 2.50. The molecule has 0 spiro atoms. The average Bonchev–Trinajstić information content (AvgIpc) is 2.28. The van der Waals surface area contributed by atoms with Crippen molar-refractivity contribution in [2.24, 2.45) is 0 Å². The van der Waals surface area contributed by atoms with Crippen LogP contribution in [0.1, 0.15) is 18.0 Å². The number of ether oxygens (including phenoxy) is 1. The first kappa shape index (κ1) is 14.2. The molecule has 6 nitrogen and oxygen atoms in total. The molecule has 18 heavy (non-hydrogen) atoms. The zero-order valence-corrected chi connectivity index (χ0v) is 9.91. The molecule has 0 unspecified atom stereocenters. The summed E-state index contributed by atoms with van der Waals surface area (Å²) in [5.41, 5.74) is -0.0507. The Bertz CT molecular complexity index is 483. The predicted molar refractivity (Wildman–Crippen MR) is 62.1 cm³/mol. The molecular formula is C10H10ClFN2O4. The lowest BCUT2D eigenvalue weighted by Crippen LogP contribution is -2.35. The summed E-state index contributed by atoms with van der Waals surface area (Å²) in [5.74, 6) is -0.682. The smallest absolute Gasteiger partial charge is 0.407 e. The number of nitrogens with zero attached hydrogens (tertiary/aromatic N) is 1. The van der Waals surface area contributed by atoms with Crippen LogP contribution >= 0.6 is 12.4 Å². The molecule has 1 heterocycles. The molecule has 8 heteroatoms.